The van der Waals surface area contributed by atoms with E-state index >= 15 is 0 Å². The molecule has 0 aromatic carbocycles. The summed E-state index contributed by atoms with van der Waals surface area (Å²) in [6.45, 7) is 4.33. The molecule has 0 amide bonds. The lowest BCUT2D eigenvalue weighted by atomic mass is 9.82. The van der Waals surface area contributed by atoms with Crippen LogP contribution in [0.15, 0.2) is 18.5 Å². The molecule has 2 nitrogen and oxygen atoms in total. The van der Waals surface area contributed by atoms with Crippen LogP contribution in [-0.4, -0.2) is 11.5 Å². The highest BCUT2D eigenvalue weighted by Crippen LogP contribution is 2.28. The van der Waals surface area contributed by atoms with E-state index < -0.39 is 0 Å². The van der Waals surface area contributed by atoms with Crippen molar-refractivity contribution in [3.63, 3.8) is 0 Å². The molecule has 2 unspecified atom stereocenters. The van der Waals surface area contributed by atoms with Crippen molar-refractivity contribution in [1.82, 2.24) is 10.3 Å². The Labute approximate surface area is 109 Å². The molecule has 1 heterocycles. The van der Waals surface area contributed by atoms with Gasteiger partial charge in [0.1, 0.15) is 0 Å². The monoisotopic (exact) mass is 252 g/mol. The van der Waals surface area contributed by atoms with Gasteiger partial charge in [-0.3, -0.25) is 4.98 Å². The van der Waals surface area contributed by atoms with Gasteiger partial charge in [0.05, 0.1) is 5.02 Å². The molecule has 0 saturated heterocycles. The highest BCUT2D eigenvalue weighted by Gasteiger charge is 2.18. The van der Waals surface area contributed by atoms with Crippen LogP contribution < -0.4 is 5.32 Å². The largest absolute Gasteiger partial charge is 0.312 e. The van der Waals surface area contributed by atoms with Crippen LogP contribution in [0, 0.1) is 11.8 Å². The average molecular weight is 253 g/mol. The van der Waals surface area contributed by atoms with Crippen LogP contribution in [0.1, 0.15) is 38.2 Å². The van der Waals surface area contributed by atoms with Crippen LogP contribution in [0.2, 0.25) is 5.02 Å². The summed E-state index contributed by atoms with van der Waals surface area (Å²) in [5.74, 6) is 1.75. The van der Waals surface area contributed by atoms with Gasteiger partial charge in [0.25, 0.3) is 0 Å². The van der Waals surface area contributed by atoms with Gasteiger partial charge in [-0.05, 0) is 42.9 Å². The van der Waals surface area contributed by atoms with Crippen molar-refractivity contribution in [3.8, 4) is 0 Å². The Balaban J connectivity index is 1.74. The summed E-state index contributed by atoms with van der Waals surface area (Å²) >= 11 is 6.07. The molecule has 17 heavy (non-hydrogen) atoms. The Morgan fingerprint density at radius 1 is 1.47 bits per heavy atom. The maximum absolute atomic E-state index is 6.07. The van der Waals surface area contributed by atoms with Gasteiger partial charge in [0, 0.05) is 18.9 Å². The molecule has 1 aliphatic rings. The molecule has 2 rings (SSSR count). The fourth-order valence-electron chi connectivity index (χ4n) is 2.70. The minimum atomic E-state index is 0.761. The smallest absolute Gasteiger partial charge is 0.0634 e. The van der Waals surface area contributed by atoms with Crippen molar-refractivity contribution >= 4 is 11.6 Å². The van der Waals surface area contributed by atoms with Gasteiger partial charge in [-0.2, -0.15) is 0 Å². The third-order valence-corrected chi connectivity index (χ3v) is 3.99. The molecule has 0 aliphatic heterocycles. The van der Waals surface area contributed by atoms with Crippen LogP contribution in [0.5, 0.6) is 0 Å². The summed E-state index contributed by atoms with van der Waals surface area (Å²) in [6, 6.07) is 1.98. The van der Waals surface area contributed by atoms with E-state index in [0.717, 1.165) is 35.5 Å². The van der Waals surface area contributed by atoms with Gasteiger partial charge >= 0.3 is 0 Å². The molecule has 0 radical (unpaired) electrons. The zero-order valence-electron chi connectivity index (χ0n) is 10.5. The predicted octanol–water partition coefficient (Wildman–Crippen LogP) is 3.65. The van der Waals surface area contributed by atoms with Crippen molar-refractivity contribution in [2.75, 3.05) is 6.54 Å². The maximum atomic E-state index is 6.07. The minimum absolute atomic E-state index is 0.761. The average Bonchev–Trinajstić information content (AvgIpc) is 2.32. The number of nitrogens with one attached hydrogen (secondary N) is 1. The summed E-state index contributed by atoms with van der Waals surface area (Å²) in [5.41, 5.74) is 1.14. The van der Waals surface area contributed by atoms with Gasteiger partial charge in [-0.25, -0.2) is 0 Å². The topological polar surface area (TPSA) is 24.9 Å². The number of halogens is 1. The standard InChI is InChI=1S/C14H21ClN2/c1-11-3-2-4-12(7-11)8-17-9-13-5-6-16-10-14(13)15/h5-6,10-12,17H,2-4,7-9H2,1H3. The molecule has 1 fully saturated rings. The summed E-state index contributed by atoms with van der Waals surface area (Å²) in [6.07, 6.45) is 9.06. The second-order valence-electron chi connectivity index (χ2n) is 5.24. The third kappa shape index (κ3) is 3.97. The molecule has 0 spiro atoms. The van der Waals surface area contributed by atoms with Crippen molar-refractivity contribution in [2.45, 2.75) is 39.2 Å². The number of hydrogen-bond donors (Lipinski definition) is 1. The quantitative estimate of drug-likeness (QED) is 0.885. The zero-order valence-corrected chi connectivity index (χ0v) is 11.2. The van der Waals surface area contributed by atoms with E-state index in [-0.39, 0.29) is 0 Å². The maximum Gasteiger partial charge on any atom is 0.0634 e. The molecular weight excluding hydrogens is 232 g/mol. The Morgan fingerprint density at radius 2 is 2.35 bits per heavy atom. The van der Waals surface area contributed by atoms with Gasteiger partial charge in [0.15, 0.2) is 0 Å². The first-order chi connectivity index (χ1) is 8.25. The summed E-state index contributed by atoms with van der Waals surface area (Å²) < 4.78 is 0. The fourth-order valence-corrected chi connectivity index (χ4v) is 2.89. The molecule has 1 aromatic rings. The Kier molecular flexibility index (Phi) is 4.81. The number of hydrogen-bond acceptors (Lipinski definition) is 2. The Bertz CT molecular complexity index is 354. The van der Waals surface area contributed by atoms with Crippen LogP contribution >= 0.6 is 11.6 Å². The van der Waals surface area contributed by atoms with Gasteiger partial charge in [-0.1, -0.05) is 31.4 Å². The van der Waals surface area contributed by atoms with E-state index in [1.54, 1.807) is 12.4 Å². The van der Waals surface area contributed by atoms with E-state index in [1.165, 1.54) is 25.7 Å². The normalized spacial score (nSPS) is 24.8. The lowest BCUT2D eigenvalue weighted by Gasteiger charge is -2.26. The molecule has 94 valence electrons. The van der Waals surface area contributed by atoms with Crippen LogP contribution in [0.3, 0.4) is 0 Å². The molecule has 1 aliphatic carbocycles. The number of rotatable bonds is 4. The summed E-state index contributed by atoms with van der Waals surface area (Å²) in [7, 11) is 0. The third-order valence-electron chi connectivity index (χ3n) is 3.65. The van der Waals surface area contributed by atoms with Crippen molar-refractivity contribution in [3.05, 3.63) is 29.0 Å². The highest BCUT2D eigenvalue weighted by molar-refractivity contribution is 6.31. The molecule has 3 heteroatoms. The second kappa shape index (κ2) is 6.36. The minimum Gasteiger partial charge on any atom is -0.312 e. The predicted molar refractivity (Wildman–Crippen MR) is 72.1 cm³/mol. The van der Waals surface area contributed by atoms with E-state index in [4.69, 9.17) is 11.6 Å². The van der Waals surface area contributed by atoms with E-state index in [9.17, 15) is 0 Å². The first-order valence-corrected chi connectivity index (χ1v) is 6.92. The summed E-state index contributed by atoms with van der Waals surface area (Å²) in [5, 5.41) is 4.28. The molecule has 1 saturated carbocycles. The van der Waals surface area contributed by atoms with Crippen LogP contribution in [0.4, 0.5) is 0 Å². The SMILES string of the molecule is CC1CCCC(CNCc2ccncc2Cl)C1. The lowest BCUT2D eigenvalue weighted by molar-refractivity contribution is 0.274. The number of nitrogens with zero attached hydrogens (tertiary/aromatic N) is 1. The van der Waals surface area contributed by atoms with Crippen LogP contribution in [-0.2, 0) is 6.54 Å². The van der Waals surface area contributed by atoms with Gasteiger partial charge in [0.2, 0.25) is 0 Å². The highest BCUT2D eigenvalue weighted by atomic mass is 35.5. The van der Waals surface area contributed by atoms with Gasteiger partial charge in [-0.15, -0.1) is 0 Å². The molecule has 2 atom stereocenters. The van der Waals surface area contributed by atoms with Crippen molar-refractivity contribution < 1.29 is 0 Å². The van der Waals surface area contributed by atoms with E-state index in [0.29, 0.717) is 0 Å². The Morgan fingerprint density at radius 3 is 3.12 bits per heavy atom. The van der Waals surface area contributed by atoms with Gasteiger partial charge < -0.3 is 5.32 Å². The molecule has 1 aromatic heterocycles. The molecule has 1 N–H and O–H groups in total. The lowest BCUT2D eigenvalue weighted by Crippen LogP contribution is -2.26. The first-order valence-electron chi connectivity index (χ1n) is 6.55. The van der Waals surface area contributed by atoms with Crippen molar-refractivity contribution in [2.24, 2.45) is 11.8 Å². The number of aromatic nitrogens is 1. The number of pyridine rings is 1. The Hall–Kier alpha value is -0.600. The van der Waals surface area contributed by atoms with Crippen LogP contribution in [0.25, 0.3) is 0 Å². The second-order valence-corrected chi connectivity index (χ2v) is 5.64. The van der Waals surface area contributed by atoms with E-state index in [2.05, 4.69) is 17.2 Å². The fraction of sp³-hybridized carbons (Fsp3) is 0.643. The molecule has 0 bridgehead atoms. The zero-order chi connectivity index (χ0) is 12.1. The summed E-state index contributed by atoms with van der Waals surface area (Å²) in [4.78, 5) is 3.99. The molecular formula is C14H21ClN2. The van der Waals surface area contributed by atoms with E-state index in [1.807, 2.05) is 6.07 Å². The van der Waals surface area contributed by atoms with Crippen molar-refractivity contribution in [1.29, 1.82) is 0 Å². The first kappa shape index (κ1) is 12.8.